The number of para-hydroxylation sites is 1. The van der Waals surface area contributed by atoms with Crippen molar-refractivity contribution in [1.29, 1.82) is 0 Å². The average molecular weight is 339 g/mol. The number of hydrogen-bond donors (Lipinski definition) is 2. The lowest BCUT2D eigenvalue weighted by molar-refractivity contribution is -0.117. The molecule has 2 aromatic carbocycles. The molecule has 0 saturated heterocycles. The lowest BCUT2D eigenvalue weighted by Crippen LogP contribution is -2.36. The van der Waals surface area contributed by atoms with Crippen molar-refractivity contribution in [3.63, 3.8) is 0 Å². The zero-order chi connectivity index (χ0) is 18.2. The van der Waals surface area contributed by atoms with Crippen molar-refractivity contribution in [2.24, 2.45) is 0 Å². The largest absolute Gasteiger partial charge is 0.348 e. The zero-order valence-corrected chi connectivity index (χ0v) is 14.3. The third-order valence-corrected chi connectivity index (χ3v) is 3.51. The van der Waals surface area contributed by atoms with E-state index in [0.29, 0.717) is 24.3 Å². The van der Waals surface area contributed by atoms with Gasteiger partial charge in [0, 0.05) is 18.7 Å². The molecule has 2 amide bonds. The van der Waals surface area contributed by atoms with Crippen LogP contribution >= 0.6 is 0 Å². The molecular weight excluding hydrogens is 318 g/mol. The highest BCUT2D eigenvalue weighted by Gasteiger charge is 2.20. The number of nitrogens with one attached hydrogen (secondary N) is 2. The Morgan fingerprint density at radius 2 is 1.56 bits per heavy atom. The Balaban J connectivity index is 2.10. The molecule has 0 atom stereocenters. The van der Waals surface area contributed by atoms with Gasteiger partial charge in [-0.15, -0.1) is 0 Å². The van der Waals surface area contributed by atoms with E-state index in [-0.39, 0.29) is 11.5 Å². The van der Waals surface area contributed by atoms with Crippen molar-refractivity contribution in [3.8, 4) is 0 Å². The van der Waals surface area contributed by atoms with E-state index in [0.717, 1.165) is 0 Å². The molecule has 0 radical (unpaired) electrons. The molecule has 0 unspecified atom stereocenters. The number of rotatable bonds is 7. The van der Waals surface area contributed by atoms with E-state index in [2.05, 4.69) is 10.6 Å². The van der Waals surface area contributed by atoms with Crippen molar-refractivity contribution in [1.82, 2.24) is 10.2 Å². The van der Waals surface area contributed by atoms with Crippen LogP contribution in [-0.2, 0) is 4.79 Å². The topological polar surface area (TPSA) is 78.5 Å². The highest BCUT2D eigenvalue weighted by atomic mass is 16.2. The third kappa shape index (κ3) is 5.26. The minimum absolute atomic E-state index is 0.161. The second-order valence-electron chi connectivity index (χ2n) is 5.75. The molecule has 0 aliphatic rings. The number of amides is 2. The quantitative estimate of drug-likeness (QED) is 0.596. The van der Waals surface area contributed by atoms with Crippen LogP contribution in [-0.4, -0.2) is 49.7 Å². The molecule has 0 fully saturated rings. The van der Waals surface area contributed by atoms with Gasteiger partial charge in [0.05, 0.1) is 11.3 Å². The van der Waals surface area contributed by atoms with E-state index in [1.165, 1.54) is 6.07 Å². The van der Waals surface area contributed by atoms with Gasteiger partial charge in [-0.3, -0.25) is 14.4 Å². The summed E-state index contributed by atoms with van der Waals surface area (Å²) in [5.74, 6) is -1.71. The molecule has 0 bridgehead atoms. The minimum Gasteiger partial charge on any atom is -0.348 e. The van der Waals surface area contributed by atoms with Crippen molar-refractivity contribution in [2.75, 3.05) is 32.5 Å². The van der Waals surface area contributed by atoms with Crippen LogP contribution in [0.5, 0.6) is 0 Å². The van der Waals surface area contributed by atoms with Crippen molar-refractivity contribution in [2.45, 2.75) is 0 Å². The molecule has 2 rings (SSSR count). The number of anilines is 1. The van der Waals surface area contributed by atoms with Gasteiger partial charge in [0.2, 0.25) is 0 Å². The predicted octanol–water partition coefficient (Wildman–Crippen LogP) is 1.80. The Labute approximate surface area is 146 Å². The molecule has 0 heterocycles. The summed E-state index contributed by atoms with van der Waals surface area (Å²) >= 11 is 0. The summed E-state index contributed by atoms with van der Waals surface area (Å²) in [5, 5.41) is 5.27. The zero-order valence-electron chi connectivity index (χ0n) is 14.3. The van der Waals surface area contributed by atoms with Gasteiger partial charge in [0.15, 0.2) is 0 Å². The molecular formula is C19H21N3O3. The maximum absolute atomic E-state index is 12.4. The second kappa shape index (κ2) is 8.75. The van der Waals surface area contributed by atoms with Crippen LogP contribution in [0.3, 0.4) is 0 Å². The van der Waals surface area contributed by atoms with Gasteiger partial charge in [-0.25, -0.2) is 0 Å². The van der Waals surface area contributed by atoms with Crippen molar-refractivity contribution < 1.29 is 14.4 Å². The van der Waals surface area contributed by atoms with Gasteiger partial charge in [-0.1, -0.05) is 30.3 Å². The first-order chi connectivity index (χ1) is 12.0. The van der Waals surface area contributed by atoms with Crippen molar-refractivity contribution >= 4 is 23.3 Å². The summed E-state index contributed by atoms with van der Waals surface area (Å²) in [7, 11) is 3.75. The van der Waals surface area contributed by atoms with Crippen LogP contribution in [0.2, 0.25) is 0 Å². The van der Waals surface area contributed by atoms with Gasteiger partial charge >= 0.3 is 0 Å². The number of likely N-dealkylation sites (N-methyl/N-ethyl adjacent to an activating group) is 1. The summed E-state index contributed by atoms with van der Waals surface area (Å²) in [5.41, 5.74) is 0.943. The standard InChI is InChI=1S/C19H21N3O3/c1-22(2)13-12-20-19(25)17(23)15-10-6-7-11-16(15)21-18(24)14-8-4-3-5-9-14/h3-11H,12-13H2,1-2H3,(H,20,25)(H,21,24). The highest BCUT2D eigenvalue weighted by Crippen LogP contribution is 2.17. The third-order valence-electron chi connectivity index (χ3n) is 3.51. The van der Waals surface area contributed by atoms with Crippen molar-refractivity contribution in [3.05, 3.63) is 65.7 Å². The molecule has 2 aromatic rings. The molecule has 130 valence electrons. The van der Waals surface area contributed by atoms with Gasteiger partial charge in [-0.2, -0.15) is 0 Å². The Hall–Kier alpha value is -2.99. The van der Waals surface area contributed by atoms with Gasteiger partial charge in [0.25, 0.3) is 17.6 Å². The van der Waals surface area contributed by atoms with Crippen LogP contribution < -0.4 is 10.6 Å². The number of hydrogen-bond acceptors (Lipinski definition) is 4. The van der Waals surface area contributed by atoms with Gasteiger partial charge in [0.1, 0.15) is 0 Å². The highest BCUT2D eigenvalue weighted by molar-refractivity contribution is 6.44. The molecule has 6 nitrogen and oxygen atoms in total. The number of ketones is 1. The molecule has 2 N–H and O–H groups in total. The molecule has 0 aromatic heterocycles. The Bertz CT molecular complexity index is 758. The van der Waals surface area contributed by atoms with E-state index in [1.54, 1.807) is 42.5 Å². The SMILES string of the molecule is CN(C)CCNC(=O)C(=O)c1ccccc1NC(=O)c1ccccc1. The van der Waals surface area contributed by atoms with E-state index in [9.17, 15) is 14.4 Å². The fraction of sp³-hybridized carbons (Fsp3) is 0.211. The molecule has 25 heavy (non-hydrogen) atoms. The van der Waals surface area contributed by atoms with E-state index in [1.807, 2.05) is 25.1 Å². The van der Waals surface area contributed by atoms with E-state index in [4.69, 9.17) is 0 Å². The normalized spacial score (nSPS) is 10.4. The van der Waals surface area contributed by atoms with Crippen LogP contribution in [0.25, 0.3) is 0 Å². The Morgan fingerprint density at radius 1 is 0.920 bits per heavy atom. The minimum atomic E-state index is -0.691. The summed E-state index contributed by atoms with van der Waals surface area (Å²) in [6.45, 7) is 1.00. The monoisotopic (exact) mass is 339 g/mol. The predicted molar refractivity (Wildman–Crippen MR) is 96.7 cm³/mol. The summed E-state index contributed by atoms with van der Waals surface area (Å²) < 4.78 is 0. The average Bonchev–Trinajstić information content (AvgIpc) is 2.62. The Morgan fingerprint density at radius 3 is 2.24 bits per heavy atom. The first-order valence-electron chi connectivity index (χ1n) is 7.91. The van der Waals surface area contributed by atoms with E-state index >= 15 is 0 Å². The van der Waals surface area contributed by atoms with Gasteiger partial charge < -0.3 is 15.5 Å². The molecule has 0 aliphatic heterocycles. The molecule has 0 aliphatic carbocycles. The van der Waals surface area contributed by atoms with Crippen LogP contribution in [0, 0.1) is 0 Å². The number of Topliss-reactive ketones (excluding diaryl/α,β-unsaturated/α-hetero) is 1. The first kappa shape index (κ1) is 18.4. The molecule has 0 saturated carbocycles. The fourth-order valence-corrected chi connectivity index (χ4v) is 2.17. The van der Waals surface area contributed by atoms with Crippen LogP contribution in [0.4, 0.5) is 5.69 Å². The first-order valence-corrected chi connectivity index (χ1v) is 7.91. The maximum Gasteiger partial charge on any atom is 0.292 e. The molecule has 6 heteroatoms. The second-order valence-corrected chi connectivity index (χ2v) is 5.75. The number of carbonyl (C=O) groups excluding carboxylic acids is 3. The van der Waals surface area contributed by atoms with Crippen LogP contribution in [0.15, 0.2) is 54.6 Å². The summed E-state index contributed by atoms with van der Waals surface area (Å²) in [6, 6.07) is 15.1. The summed E-state index contributed by atoms with van der Waals surface area (Å²) in [4.78, 5) is 38.6. The summed E-state index contributed by atoms with van der Waals surface area (Å²) in [6.07, 6.45) is 0. The molecule has 0 spiro atoms. The van der Waals surface area contributed by atoms with E-state index < -0.39 is 11.7 Å². The lowest BCUT2D eigenvalue weighted by Gasteiger charge is -2.12. The number of nitrogens with zero attached hydrogens (tertiary/aromatic N) is 1. The smallest absolute Gasteiger partial charge is 0.292 e. The lowest BCUT2D eigenvalue weighted by atomic mass is 10.1. The Kier molecular flexibility index (Phi) is 6.42. The van der Waals surface area contributed by atoms with Crippen LogP contribution in [0.1, 0.15) is 20.7 Å². The van der Waals surface area contributed by atoms with Gasteiger partial charge in [-0.05, 0) is 38.4 Å². The number of benzene rings is 2. The number of carbonyl (C=O) groups is 3. The maximum atomic E-state index is 12.4. The fourth-order valence-electron chi connectivity index (χ4n) is 2.17.